The van der Waals surface area contributed by atoms with Crippen LogP contribution >= 0.6 is 23.2 Å². The Morgan fingerprint density at radius 1 is 0.750 bits per heavy atom. The van der Waals surface area contributed by atoms with E-state index in [0.717, 1.165) is 43.6 Å². The van der Waals surface area contributed by atoms with Crippen molar-refractivity contribution in [1.29, 1.82) is 0 Å². The van der Waals surface area contributed by atoms with Crippen molar-refractivity contribution in [2.45, 2.75) is 13.0 Å². The first-order chi connectivity index (χ1) is 11.8. The summed E-state index contributed by atoms with van der Waals surface area (Å²) in [4.78, 5) is 0. The molecular formula is C20H27Cl2N2+. The van der Waals surface area contributed by atoms with E-state index in [1.54, 1.807) is 0 Å². The number of benzene rings is 2. The van der Waals surface area contributed by atoms with Gasteiger partial charge in [-0.2, -0.15) is 0 Å². The lowest BCUT2D eigenvalue weighted by Crippen LogP contribution is -2.51. The van der Waals surface area contributed by atoms with Gasteiger partial charge >= 0.3 is 0 Å². The second kappa shape index (κ2) is 10.6. The van der Waals surface area contributed by atoms with E-state index in [1.165, 1.54) is 11.3 Å². The third-order valence-corrected chi connectivity index (χ3v) is 4.73. The second-order valence-corrected chi connectivity index (χ2v) is 6.94. The van der Waals surface area contributed by atoms with Crippen LogP contribution in [0.5, 0.6) is 0 Å². The fourth-order valence-corrected chi connectivity index (χ4v) is 3.82. The minimum atomic E-state index is 0.663. The highest BCUT2D eigenvalue weighted by molar-refractivity contribution is 6.18. The molecule has 0 aliphatic carbocycles. The number of quaternary nitrogens is 1. The summed E-state index contributed by atoms with van der Waals surface area (Å²) >= 11 is 12.2. The zero-order chi connectivity index (χ0) is 17.1. The summed E-state index contributed by atoms with van der Waals surface area (Å²) in [6.07, 6.45) is 1.09. The predicted molar refractivity (Wildman–Crippen MR) is 106 cm³/mol. The Balaban J connectivity index is 1.94. The van der Waals surface area contributed by atoms with Gasteiger partial charge in [0.05, 0.1) is 31.4 Å². The third-order valence-electron chi connectivity index (χ3n) is 4.39. The van der Waals surface area contributed by atoms with Crippen LogP contribution in [0.1, 0.15) is 12.0 Å². The summed E-state index contributed by atoms with van der Waals surface area (Å²) in [6.45, 7) is 4.94. The van der Waals surface area contributed by atoms with Crippen LogP contribution in [0.4, 0.5) is 5.69 Å². The lowest BCUT2D eigenvalue weighted by atomic mass is 10.1. The van der Waals surface area contributed by atoms with Crippen molar-refractivity contribution >= 4 is 28.9 Å². The Bertz CT molecular complexity index is 554. The van der Waals surface area contributed by atoms with E-state index in [0.29, 0.717) is 11.8 Å². The molecule has 0 bridgehead atoms. The van der Waals surface area contributed by atoms with Crippen LogP contribution in [0.25, 0.3) is 0 Å². The van der Waals surface area contributed by atoms with Crippen molar-refractivity contribution in [1.82, 2.24) is 0 Å². The van der Waals surface area contributed by atoms with E-state index in [9.17, 15) is 0 Å². The van der Waals surface area contributed by atoms with Gasteiger partial charge in [0.1, 0.15) is 6.54 Å². The number of hydrogen-bond acceptors (Lipinski definition) is 1. The standard InChI is InChI=1S/C20H27Cl2N2/c21-12-16-24(17-13-22,18-19-8-3-1-4-9-19)15-7-14-23-20-10-5-2-6-11-20/h1-6,8-11,23H,7,12-18H2/q+1. The van der Waals surface area contributed by atoms with Crippen molar-refractivity contribution in [3.05, 3.63) is 66.2 Å². The number of alkyl halides is 2. The predicted octanol–water partition coefficient (Wildman–Crippen LogP) is 4.98. The highest BCUT2D eigenvalue weighted by atomic mass is 35.5. The van der Waals surface area contributed by atoms with E-state index >= 15 is 0 Å². The molecule has 0 aliphatic rings. The van der Waals surface area contributed by atoms with Gasteiger partial charge in [-0.05, 0) is 12.1 Å². The highest BCUT2D eigenvalue weighted by Gasteiger charge is 2.26. The van der Waals surface area contributed by atoms with Crippen LogP contribution in [0.3, 0.4) is 0 Å². The zero-order valence-corrected chi connectivity index (χ0v) is 15.6. The molecule has 2 nitrogen and oxygen atoms in total. The van der Waals surface area contributed by atoms with Gasteiger partial charge in [-0.1, -0.05) is 48.5 Å². The number of halogens is 2. The van der Waals surface area contributed by atoms with Gasteiger partial charge in [0.25, 0.3) is 0 Å². The molecule has 130 valence electrons. The summed E-state index contributed by atoms with van der Waals surface area (Å²) in [5.41, 5.74) is 2.53. The molecule has 0 aromatic heterocycles. The largest absolute Gasteiger partial charge is 0.385 e. The van der Waals surface area contributed by atoms with Gasteiger partial charge in [-0.15, -0.1) is 23.2 Å². The summed E-state index contributed by atoms with van der Waals surface area (Å²) in [6, 6.07) is 21.0. The Labute approximate surface area is 156 Å². The molecule has 0 unspecified atom stereocenters. The number of anilines is 1. The molecule has 0 atom stereocenters. The van der Waals surface area contributed by atoms with Gasteiger partial charge < -0.3 is 9.80 Å². The maximum atomic E-state index is 6.12. The lowest BCUT2D eigenvalue weighted by molar-refractivity contribution is -0.936. The van der Waals surface area contributed by atoms with Gasteiger partial charge in [0.2, 0.25) is 0 Å². The van der Waals surface area contributed by atoms with Crippen LogP contribution < -0.4 is 5.32 Å². The summed E-state index contributed by atoms with van der Waals surface area (Å²) in [5.74, 6) is 1.33. The molecule has 1 N–H and O–H groups in total. The minimum absolute atomic E-state index is 0.663. The van der Waals surface area contributed by atoms with E-state index in [4.69, 9.17) is 23.2 Å². The number of rotatable bonds is 11. The number of nitrogens with zero attached hydrogens (tertiary/aromatic N) is 1. The van der Waals surface area contributed by atoms with Crippen LogP contribution in [-0.2, 0) is 6.54 Å². The van der Waals surface area contributed by atoms with Crippen LogP contribution in [0, 0.1) is 0 Å². The SMILES string of the molecule is ClCC[N+](CCCl)(CCCNc1ccccc1)Cc1ccccc1. The first kappa shape index (κ1) is 19.1. The summed E-state index contributed by atoms with van der Waals surface area (Å²) < 4.78 is 0.952. The third kappa shape index (κ3) is 6.35. The maximum Gasteiger partial charge on any atom is 0.104 e. The average Bonchev–Trinajstić information content (AvgIpc) is 2.61. The molecule has 0 aliphatic heterocycles. The van der Waals surface area contributed by atoms with E-state index in [2.05, 4.69) is 59.9 Å². The van der Waals surface area contributed by atoms with Gasteiger partial charge in [-0.25, -0.2) is 0 Å². The summed E-state index contributed by atoms with van der Waals surface area (Å²) in [5, 5.41) is 3.49. The summed E-state index contributed by atoms with van der Waals surface area (Å²) in [7, 11) is 0. The topological polar surface area (TPSA) is 12.0 Å². The van der Waals surface area contributed by atoms with Crippen LogP contribution in [0.2, 0.25) is 0 Å². The van der Waals surface area contributed by atoms with E-state index in [1.807, 2.05) is 6.07 Å². The molecule has 2 aromatic carbocycles. The minimum Gasteiger partial charge on any atom is -0.385 e. The fraction of sp³-hybridized carbons (Fsp3) is 0.400. The van der Waals surface area contributed by atoms with Crippen molar-refractivity contribution in [2.75, 3.05) is 43.3 Å². The molecule has 24 heavy (non-hydrogen) atoms. The van der Waals surface area contributed by atoms with Crippen molar-refractivity contribution in [3.8, 4) is 0 Å². The first-order valence-electron chi connectivity index (χ1n) is 8.58. The number of hydrogen-bond donors (Lipinski definition) is 1. The maximum absolute atomic E-state index is 6.12. The zero-order valence-electron chi connectivity index (χ0n) is 14.1. The molecule has 4 heteroatoms. The smallest absolute Gasteiger partial charge is 0.104 e. The normalized spacial score (nSPS) is 11.4. The molecule has 0 heterocycles. The number of para-hydroxylation sites is 1. The molecule has 0 saturated heterocycles. The molecular weight excluding hydrogens is 339 g/mol. The molecule has 0 spiro atoms. The van der Waals surface area contributed by atoms with Gasteiger partial charge in [0.15, 0.2) is 0 Å². The van der Waals surface area contributed by atoms with Crippen molar-refractivity contribution in [3.63, 3.8) is 0 Å². The Kier molecular flexibility index (Phi) is 8.44. The average molecular weight is 366 g/mol. The number of nitrogens with one attached hydrogen (secondary N) is 1. The highest BCUT2D eigenvalue weighted by Crippen LogP contribution is 2.17. The van der Waals surface area contributed by atoms with E-state index < -0.39 is 0 Å². The molecule has 0 saturated carbocycles. The molecule has 0 amide bonds. The van der Waals surface area contributed by atoms with Crippen LogP contribution in [-0.4, -0.2) is 42.4 Å². The second-order valence-electron chi connectivity index (χ2n) is 6.18. The Hall–Kier alpha value is -1.22. The molecule has 0 radical (unpaired) electrons. The van der Waals surface area contributed by atoms with E-state index in [-0.39, 0.29) is 0 Å². The van der Waals surface area contributed by atoms with Gasteiger partial charge in [-0.3, -0.25) is 0 Å². The quantitative estimate of drug-likeness (QED) is 0.336. The monoisotopic (exact) mass is 365 g/mol. The van der Waals surface area contributed by atoms with Gasteiger partial charge in [0, 0.05) is 24.2 Å². The van der Waals surface area contributed by atoms with Crippen molar-refractivity contribution < 1.29 is 4.48 Å². The fourth-order valence-electron chi connectivity index (χ4n) is 3.11. The lowest BCUT2D eigenvalue weighted by Gasteiger charge is -2.38. The first-order valence-corrected chi connectivity index (χ1v) is 9.65. The molecule has 2 aromatic rings. The Morgan fingerprint density at radius 2 is 1.33 bits per heavy atom. The molecule has 2 rings (SSSR count). The van der Waals surface area contributed by atoms with Crippen LogP contribution in [0.15, 0.2) is 60.7 Å². The van der Waals surface area contributed by atoms with Crippen molar-refractivity contribution in [2.24, 2.45) is 0 Å². The Morgan fingerprint density at radius 3 is 1.92 bits per heavy atom. The molecule has 0 fully saturated rings.